The lowest BCUT2D eigenvalue weighted by Crippen LogP contribution is -2.42. The first kappa shape index (κ1) is 16.4. The van der Waals surface area contributed by atoms with Crippen LogP contribution < -0.4 is 10.6 Å². The average molecular weight is 299 g/mol. The van der Waals surface area contributed by atoms with Gasteiger partial charge in [-0.3, -0.25) is 4.79 Å². The monoisotopic (exact) mass is 299 g/mol. The van der Waals surface area contributed by atoms with E-state index in [1.54, 1.807) is 11.3 Å². The Kier molecular flexibility index (Phi) is 7.00. The molecule has 1 unspecified atom stereocenters. The van der Waals surface area contributed by atoms with Gasteiger partial charge in [-0.15, -0.1) is 11.3 Å². The van der Waals surface area contributed by atoms with Gasteiger partial charge in [0.1, 0.15) is 5.01 Å². The van der Waals surface area contributed by atoms with E-state index in [1.807, 2.05) is 13.1 Å². The van der Waals surface area contributed by atoms with Gasteiger partial charge in [0.05, 0.1) is 13.0 Å². The number of rotatable bonds is 8. The van der Waals surface area contributed by atoms with Gasteiger partial charge in [0.2, 0.25) is 0 Å². The fourth-order valence-corrected chi connectivity index (χ4v) is 2.57. The summed E-state index contributed by atoms with van der Waals surface area (Å²) in [6.07, 6.45) is 4.16. The van der Waals surface area contributed by atoms with E-state index in [2.05, 4.69) is 22.5 Å². The highest BCUT2D eigenvalue weighted by atomic mass is 32.1. The van der Waals surface area contributed by atoms with Gasteiger partial charge < -0.3 is 15.7 Å². The van der Waals surface area contributed by atoms with Crippen molar-refractivity contribution in [1.29, 1.82) is 0 Å². The molecule has 7 heteroatoms. The summed E-state index contributed by atoms with van der Waals surface area (Å²) in [5, 5.41) is 15.0. The van der Waals surface area contributed by atoms with Crippen molar-refractivity contribution in [3.63, 3.8) is 0 Å². The standard InChI is InChI=1S/C13H21N3O3S/c1-3-5-9(6-12(17)18)16-13(19)15-8-11-14-7-10(4-2)20-11/h7,9H,3-6,8H2,1-2H3,(H,17,18)(H2,15,16,19). The zero-order chi connectivity index (χ0) is 15.0. The highest BCUT2D eigenvalue weighted by Crippen LogP contribution is 2.12. The molecule has 112 valence electrons. The molecule has 2 amide bonds. The third kappa shape index (κ3) is 6.01. The Labute approximate surface area is 122 Å². The second-order valence-electron chi connectivity index (χ2n) is 4.48. The maximum atomic E-state index is 11.7. The Hall–Kier alpha value is -1.63. The van der Waals surface area contributed by atoms with Crippen molar-refractivity contribution in [2.45, 2.75) is 52.1 Å². The SMILES string of the molecule is CCCC(CC(=O)O)NC(=O)NCc1ncc(CC)s1. The quantitative estimate of drug-likeness (QED) is 0.686. The summed E-state index contributed by atoms with van der Waals surface area (Å²) in [6, 6.07) is -0.682. The first-order valence-corrected chi connectivity index (χ1v) is 7.56. The van der Waals surface area contributed by atoms with Crippen LogP contribution in [0.2, 0.25) is 0 Å². The molecule has 0 spiro atoms. The molecule has 0 aliphatic carbocycles. The molecule has 0 saturated heterocycles. The van der Waals surface area contributed by atoms with Crippen molar-refractivity contribution in [3.8, 4) is 0 Å². The second-order valence-corrected chi connectivity index (χ2v) is 5.68. The number of carboxylic acid groups (broad SMARTS) is 1. The van der Waals surface area contributed by atoms with Crippen molar-refractivity contribution in [1.82, 2.24) is 15.6 Å². The molecule has 0 saturated carbocycles. The first-order valence-electron chi connectivity index (χ1n) is 6.74. The number of thiazole rings is 1. The highest BCUT2D eigenvalue weighted by Gasteiger charge is 2.15. The molecule has 0 radical (unpaired) electrons. The number of hydrogen-bond donors (Lipinski definition) is 3. The summed E-state index contributed by atoms with van der Waals surface area (Å²) >= 11 is 1.57. The molecule has 3 N–H and O–H groups in total. The van der Waals surface area contributed by atoms with Crippen LogP contribution in [0.5, 0.6) is 0 Å². The summed E-state index contributed by atoms with van der Waals surface area (Å²) in [4.78, 5) is 27.8. The van der Waals surface area contributed by atoms with Gasteiger partial charge in [-0.2, -0.15) is 0 Å². The number of nitrogens with zero attached hydrogens (tertiary/aromatic N) is 1. The molecule has 1 rings (SSSR count). The van der Waals surface area contributed by atoms with E-state index in [9.17, 15) is 9.59 Å². The molecule has 1 heterocycles. The van der Waals surface area contributed by atoms with E-state index in [1.165, 1.54) is 4.88 Å². The van der Waals surface area contributed by atoms with Crippen LogP contribution in [0.1, 0.15) is 43.0 Å². The number of hydrogen-bond acceptors (Lipinski definition) is 4. The van der Waals surface area contributed by atoms with Crippen LogP contribution in [0.25, 0.3) is 0 Å². The maximum Gasteiger partial charge on any atom is 0.315 e. The first-order chi connectivity index (χ1) is 9.55. The van der Waals surface area contributed by atoms with Crippen molar-refractivity contribution in [2.75, 3.05) is 0 Å². The molecular weight excluding hydrogens is 278 g/mol. The summed E-state index contributed by atoms with van der Waals surface area (Å²) in [5.74, 6) is -0.906. The number of carbonyl (C=O) groups is 2. The summed E-state index contributed by atoms with van der Waals surface area (Å²) in [6.45, 7) is 4.37. The van der Waals surface area contributed by atoms with Crippen LogP contribution in [-0.4, -0.2) is 28.1 Å². The molecule has 0 aliphatic rings. The third-order valence-corrected chi connectivity index (χ3v) is 3.89. The molecular formula is C13H21N3O3S. The van der Waals surface area contributed by atoms with Crippen LogP contribution in [0.15, 0.2) is 6.20 Å². The van der Waals surface area contributed by atoms with E-state index in [4.69, 9.17) is 5.11 Å². The lowest BCUT2D eigenvalue weighted by atomic mass is 10.1. The van der Waals surface area contributed by atoms with E-state index < -0.39 is 5.97 Å². The van der Waals surface area contributed by atoms with E-state index >= 15 is 0 Å². The fourth-order valence-electron chi connectivity index (χ4n) is 1.77. The number of urea groups is 1. The predicted molar refractivity (Wildman–Crippen MR) is 77.8 cm³/mol. The van der Waals surface area contributed by atoms with Gasteiger partial charge in [-0.25, -0.2) is 9.78 Å². The number of aliphatic carboxylic acids is 1. The highest BCUT2D eigenvalue weighted by molar-refractivity contribution is 7.11. The topological polar surface area (TPSA) is 91.3 Å². The number of nitrogens with one attached hydrogen (secondary N) is 2. The molecule has 0 aliphatic heterocycles. The molecule has 0 aromatic carbocycles. The number of carboxylic acids is 1. The van der Waals surface area contributed by atoms with Crippen LogP contribution in [0.4, 0.5) is 4.79 Å². The van der Waals surface area contributed by atoms with Gasteiger partial charge in [-0.05, 0) is 12.8 Å². The number of aromatic nitrogens is 1. The van der Waals surface area contributed by atoms with Crippen LogP contribution in [-0.2, 0) is 17.8 Å². The summed E-state index contributed by atoms with van der Waals surface area (Å²) in [5.41, 5.74) is 0. The minimum absolute atomic E-state index is 0.0570. The Balaban J connectivity index is 2.38. The van der Waals surface area contributed by atoms with E-state index in [0.717, 1.165) is 17.8 Å². The molecule has 1 aromatic rings. The van der Waals surface area contributed by atoms with Crippen molar-refractivity contribution in [3.05, 3.63) is 16.1 Å². The number of carbonyl (C=O) groups excluding carboxylic acids is 1. The third-order valence-electron chi connectivity index (χ3n) is 2.74. The number of amides is 2. The van der Waals surface area contributed by atoms with Gasteiger partial charge >= 0.3 is 12.0 Å². The molecule has 1 atom stereocenters. The fraction of sp³-hybridized carbons (Fsp3) is 0.615. The molecule has 1 aromatic heterocycles. The normalized spacial score (nSPS) is 11.9. The Morgan fingerprint density at radius 1 is 1.45 bits per heavy atom. The van der Waals surface area contributed by atoms with Crippen LogP contribution in [0.3, 0.4) is 0 Å². The molecule has 6 nitrogen and oxygen atoms in total. The van der Waals surface area contributed by atoms with Crippen molar-refractivity contribution in [2.24, 2.45) is 0 Å². The lowest BCUT2D eigenvalue weighted by molar-refractivity contribution is -0.137. The van der Waals surface area contributed by atoms with Crippen LogP contribution >= 0.6 is 11.3 Å². The van der Waals surface area contributed by atoms with Crippen LogP contribution in [0, 0.1) is 0 Å². The minimum Gasteiger partial charge on any atom is -0.481 e. The minimum atomic E-state index is -0.906. The Morgan fingerprint density at radius 2 is 2.20 bits per heavy atom. The van der Waals surface area contributed by atoms with Gasteiger partial charge in [-0.1, -0.05) is 20.3 Å². The Morgan fingerprint density at radius 3 is 2.75 bits per heavy atom. The molecule has 0 bridgehead atoms. The molecule has 20 heavy (non-hydrogen) atoms. The largest absolute Gasteiger partial charge is 0.481 e. The molecule has 0 fully saturated rings. The van der Waals surface area contributed by atoms with Crippen molar-refractivity contribution < 1.29 is 14.7 Å². The summed E-state index contributed by atoms with van der Waals surface area (Å²) < 4.78 is 0. The van der Waals surface area contributed by atoms with E-state index in [-0.39, 0.29) is 18.5 Å². The summed E-state index contributed by atoms with van der Waals surface area (Å²) in [7, 11) is 0. The number of aryl methyl sites for hydroxylation is 1. The second kappa shape index (κ2) is 8.52. The smallest absolute Gasteiger partial charge is 0.315 e. The van der Waals surface area contributed by atoms with Gasteiger partial charge in [0.25, 0.3) is 0 Å². The predicted octanol–water partition coefficient (Wildman–Crippen LogP) is 2.15. The zero-order valence-corrected chi connectivity index (χ0v) is 12.6. The van der Waals surface area contributed by atoms with Crippen molar-refractivity contribution >= 4 is 23.3 Å². The lowest BCUT2D eigenvalue weighted by Gasteiger charge is -2.16. The zero-order valence-electron chi connectivity index (χ0n) is 11.8. The van der Waals surface area contributed by atoms with E-state index in [0.29, 0.717) is 13.0 Å². The average Bonchev–Trinajstić information content (AvgIpc) is 2.84. The maximum absolute atomic E-state index is 11.7. The van der Waals surface area contributed by atoms with Gasteiger partial charge in [0.15, 0.2) is 0 Å². The Bertz CT molecular complexity index is 448. The van der Waals surface area contributed by atoms with Gasteiger partial charge in [0, 0.05) is 17.1 Å².